The number of allylic oxidation sites excluding steroid dienone is 3. The fraction of sp³-hybridized carbons (Fsp3) is 0.333. The lowest BCUT2D eigenvalue weighted by molar-refractivity contribution is 0.940. The lowest BCUT2D eigenvalue weighted by Gasteiger charge is -2.16. The van der Waals surface area contributed by atoms with E-state index in [4.69, 9.17) is 0 Å². The maximum atomic E-state index is 3.54. The van der Waals surface area contributed by atoms with Gasteiger partial charge in [-0.2, -0.15) is 0 Å². The Labute approximate surface area is 97.9 Å². The van der Waals surface area contributed by atoms with Gasteiger partial charge in [-0.15, -0.1) is 0 Å². The van der Waals surface area contributed by atoms with Crippen molar-refractivity contribution in [2.24, 2.45) is 0 Å². The minimum absolute atomic E-state index is 1.07. The first-order chi connectivity index (χ1) is 7.81. The van der Waals surface area contributed by atoms with Crippen molar-refractivity contribution in [1.82, 2.24) is 0 Å². The van der Waals surface area contributed by atoms with E-state index in [1.54, 1.807) is 0 Å². The van der Waals surface area contributed by atoms with E-state index < -0.39 is 0 Å². The molecular weight excluding hydrogens is 194 g/mol. The van der Waals surface area contributed by atoms with E-state index in [9.17, 15) is 0 Å². The molecule has 1 heteroatoms. The van der Waals surface area contributed by atoms with Crippen molar-refractivity contribution in [2.45, 2.75) is 33.1 Å². The number of hydrogen-bond acceptors (Lipinski definition) is 1. The second kappa shape index (κ2) is 5.02. The quantitative estimate of drug-likeness (QED) is 0.790. The van der Waals surface area contributed by atoms with E-state index in [0.29, 0.717) is 0 Å². The molecule has 0 aromatic heterocycles. The minimum atomic E-state index is 1.07. The lowest BCUT2D eigenvalue weighted by Crippen LogP contribution is -2.04. The molecule has 0 atom stereocenters. The second-order valence-corrected chi connectivity index (χ2v) is 4.27. The van der Waals surface area contributed by atoms with Gasteiger partial charge in [-0.1, -0.05) is 31.2 Å². The van der Waals surface area contributed by atoms with Crippen molar-refractivity contribution < 1.29 is 0 Å². The summed E-state index contributed by atoms with van der Waals surface area (Å²) in [4.78, 5) is 0. The van der Waals surface area contributed by atoms with E-state index in [2.05, 4.69) is 55.6 Å². The van der Waals surface area contributed by atoms with E-state index in [1.165, 1.54) is 35.4 Å². The van der Waals surface area contributed by atoms with Crippen molar-refractivity contribution in [3.8, 4) is 0 Å². The Morgan fingerprint density at radius 1 is 1.25 bits per heavy atom. The molecule has 0 amide bonds. The Hall–Kier alpha value is -1.50. The van der Waals surface area contributed by atoms with Gasteiger partial charge in [0.25, 0.3) is 0 Å². The predicted molar refractivity (Wildman–Crippen MR) is 70.5 cm³/mol. The summed E-state index contributed by atoms with van der Waals surface area (Å²) >= 11 is 0. The van der Waals surface area contributed by atoms with Gasteiger partial charge in [0.2, 0.25) is 0 Å². The molecule has 16 heavy (non-hydrogen) atoms. The van der Waals surface area contributed by atoms with Crippen LogP contribution in [0.3, 0.4) is 0 Å². The molecule has 0 fully saturated rings. The zero-order valence-electron chi connectivity index (χ0n) is 10.1. The van der Waals surface area contributed by atoms with Gasteiger partial charge in [0.05, 0.1) is 0 Å². The minimum Gasteiger partial charge on any atom is -0.355 e. The van der Waals surface area contributed by atoms with Crippen molar-refractivity contribution in [2.75, 3.05) is 5.32 Å². The van der Waals surface area contributed by atoms with Gasteiger partial charge in [-0.3, -0.25) is 0 Å². The summed E-state index contributed by atoms with van der Waals surface area (Å²) in [5, 5.41) is 3.54. The third-order valence-corrected chi connectivity index (χ3v) is 3.10. The fourth-order valence-corrected chi connectivity index (χ4v) is 2.02. The molecule has 0 bridgehead atoms. The highest BCUT2D eigenvalue weighted by Gasteiger charge is 2.06. The van der Waals surface area contributed by atoms with Crippen LogP contribution >= 0.6 is 0 Å². The Kier molecular flexibility index (Phi) is 3.45. The molecule has 2 rings (SSSR count). The smallest absolute Gasteiger partial charge is 0.0416 e. The van der Waals surface area contributed by atoms with E-state index >= 15 is 0 Å². The van der Waals surface area contributed by atoms with Gasteiger partial charge in [0.15, 0.2) is 0 Å². The Bertz CT molecular complexity index is 427. The molecule has 0 spiro atoms. The van der Waals surface area contributed by atoms with Crippen LogP contribution in [0.5, 0.6) is 0 Å². The molecule has 1 aliphatic rings. The first-order valence-corrected chi connectivity index (χ1v) is 6.02. The summed E-state index contributed by atoms with van der Waals surface area (Å²) in [5.41, 5.74) is 5.34. The van der Waals surface area contributed by atoms with Crippen LogP contribution in [0.4, 0.5) is 5.69 Å². The average molecular weight is 213 g/mol. The SMILES string of the molecule is CCc1ccccc1NC1=C(C)CCC=C1. The maximum absolute atomic E-state index is 3.54. The highest BCUT2D eigenvalue weighted by atomic mass is 14.9. The lowest BCUT2D eigenvalue weighted by atomic mass is 10.0. The standard InChI is InChI=1S/C15H19N/c1-3-13-9-5-7-11-15(13)16-14-10-6-4-8-12(14)2/h5-7,9-11,16H,3-4,8H2,1-2H3. The summed E-state index contributed by atoms with van der Waals surface area (Å²) < 4.78 is 0. The number of aryl methyl sites for hydroxylation is 1. The molecule has 0 saturated heterocycles. The van der Waals surface area contributed by atoms with Crippen LogP contribution in [-0.4, -0.2) is 0 Å². The van der Waals surface area contributed by atoms with Crippen molar-refractivity contribution in [3.05, 3.63) is 53.3 Å². The molecule has 0 heterocycles. The molecule has 0 radical (unpaired) electrons. The monoisotopic (exact) mass is 213 g/mol. The van der Waals surface area contributed by atoms with Crippen molar-refractivity contribution in [1.29, 1.82) is 0 Å². The van der Waals surface area contributed by atoms with Crippen LogP contribution < -0.4 is 5.32 Å². The maximum Gasteiger partial charge on any atom is 0.0416 e. The van der Waals surface area contributed by atoms with Crippen LogP contribution in [0, 0.1) is 0 Å². The first kappa shape index (κ1) is 11.0. The van der Waals surface area contributed by atoms with Gasteiger partial charge in [0, 0.05) is 11.4 Å². The number of benzene rings is 1. The zero-order valence-corrected chi connectivity index (χ0v) is 10.1. The average Bonchev–Trinajstić information content (AvgIpc) is 2.33. The molecule has 1 aliphatic carbocycles. The molecule has 0 aliphatic heterocycles. The third kappa shape index (κ3) is 2.35. The third-order valence-electron chi connectivity index (χ3n) is 3.10. The topological polar surface area (TPSA) is 12.0 Å². The summed E-state index contributed by atoms with van der Waals surface area (Å²) in [6.07, 6.45) is 7.86. The second-order valence-electron chi connectivity index (χ2n) is 4.27. The van der Waals surface area contributed by atoms with Crippen LogP contribution in [0.15, 0.2) is 47.7 Å². The molecule has 1 nitrogen and oxygen atoms in total. The number of hydrogen-bond donors (Lipinski definition) is 1. The van der Waals surface area contributed by atoms with E-state index in [1.807, 2.05) is 0 Å². The molecule has 1 aromatic rings. The molecule has 0 unspecified atom stereocenters. The highest BCUT2D eigenvalue weighted by Crippen LogP contribution is 2.23. The first-order valence-electron chi connectivity index (χ1n) is 6.02. The summed E-state index contributed by atoms with van der Waals surface area (Å²) in [6.45, 7) is 4.40. The normalized spacial score (nSPS) is 15.4. The van der Waals surface area contributed by atoms with Crippen LogP contribution in [0.1, 0.15) is 32.3 Å². The molecular formula is C15H19N. The fourth-order valence-electron chi connectivity index (χ4n) is 2.02. The predicted octanol–water partition coefficient (Wildman–Crippen LogP) is 4.28. The number of anilines is 1. The van der Waals surface area contributed by atoms with Crippen LogP contribution in [0.2, 0.25) is 0 Å². The van der Waals surface area contributed by atoms with E-state index in [-0.39, 0.29) is 0 Å². The largest absolute Gasteiger partial charge is 0.355 e. The van der Waals surface area contributed by atoms with Crippen molar-refractivity contribution >= 4 is 5.69 Å². The van der Waals surface area contributed by atoms with Gasteiger partial charge < -0.3 is 5.32 Å². The number of rotatable bonds is 3. The number of para-hydroxylation sites is 1. The Balaban J connectivity index is 2.23. The Morgan fingerprint density at radius 3 is 2.81 bits per heavy atom. The van der Waals surface area contributed by atoms with Gasteiger partial charge >= 0.3 is 0 Å². The van der Waals surface area contributed by atoms with Crippen LogP contribution in [0.25, 0.3) is 0 Å². The molecule has 84 valence electrons. The summed E-state index contributed by atoms with van der Waals surface area (Å²) in [5.74, 6) is 0. The van der Waals surface area contributed by atoms with Crippen molar-refractivity contribution in [3.63, 3.8) is 0 Å². The highest BCUT2D eigenvalue weighted by molar-refractivity contribution is 5.57. The molecule has 0 saturated carbocycles. The van der Waals surface area contributed by atoms with Gasteiger partial charge in [-0.05, 0) is 49.5 Å². The summed E-state index contributed by atoms with van der Waals surface area (Å²) in [6, 6.07) is 8.53. The number of nitrogens with one attached hydrogen (secondary N) is 1. The summed E-state index contributed by atoms with van der Waals surface area (Å²) in [7, 11) is 0. The molecule has 1 aromatic carbocycles. The zero-order chi connectivity index (χ0) is 11.4. The van der Waals surface area contributed by atoms with Gasteiger partial charge in [-0.25, -0.2) is 0 Å². The van der Waals surface area contributed by atoms with E-state index in [0.717, 1.165) is 6.42 Å². The molecule has 1 N–H and O–H groups in total. The Morgan fingerprint density at radius 2 is 2.06 bits per heavy atom. The van der Waals surface area contributed by atoms with Gasteiger partial charge in [0.1, 0.15) is 0 Å². The van der Waals surface area contributed by atoms with Crippen LogP contribution in [-0.2, 0) is 6.42 Å².